The minimum absolute atomic E-state index is 0.0927. The zero-order valence-electron chi connectivity index (χ0n) is 18.7. The van der Waals surface area contributed by atoms with Gasteiger partial charge in [-0.3, -0.25) is 9.78 Å². The Balaban J connectivity index is 1.24. The Labute approximate surface area is 204 Å². The van der Waals surface area contributed by atoms with E-state index in [0.717, 1.165) is 17.8 Å². The number of benzene rings is 2. The van der Waals surface area contributed by atoms with Crippen molar-refractivity contribution in [1.82, 2.24) is 15.3 Å². The summed E-state index contributed by atoms with van der Waals surface area (Å²) >= 11 is 0. The van der Waals surface area contributed by atoms with E-state index in [-0.39, 0.29) is 37.0 Å². The van der Waals surface area contributed by atoms with Crippen molar-refractivity contribution in [3.8, 4) is 28.9 Å². The van der Waals surface area contributed by atoms with Gasteiger partial charge < -0.3 is 24.3 Å². The van der Waals surface area contributed by atoms with E-state index in [9.17, 15) is 13.6 Å². The molecular formula is C26H19F2N3O5. The lowest BCUT2D eigenvalue weighted by atomic mass is 10.2. The summed E-state index contributed by atoms with van der Waals surface area (Å²) in [5.74, 6) is -0.401. The highest BCUT2D eigenvalue weighted by atomic mass is 19.1. The number of halogens is 2. The number of nitrogens with one attached hydrogen (secondary N) is 1. The first-order valence-corrected chi connectivity index (χ1v) is 10.9. The lowest BCUT2D eigenvalue weighted by molar-refractivity contribution is 0.0947. The second kappa shape index (κ2) is 10.3. The molecule has 0 unspecified atom stereocenters. The predicted octanol–water partition coefficient (Wildman–Crippen LogP) is 4.78. The van der Waals surface area contributed by atoms with Crippen LogP contribution in [0.15, 0.2) is 73.2 Å². The monoisotopic (exact) mass is 491 g/mol. The maximum absolute atomic E-state index is 14.6. The fourth-order valence-electron chi connectivity index (χ4n) is 3.40. The highest BCUT2D eigenvalue weighted by Gasteiger charge is 2.19. The summed E-state index contributed by atoms with van der Waals surface area (Å²) in [4.78, 5) is 20.7. The Morgan fingerprint density at radius 1 is 1.00 bits per heavy atom. The van der Waals surface area contributed by atoms with Crippen LogP contribution in [0, 0.1) is 11.6 Å². The van der Waals surface area contributed by atoms with E-state index >= 15 is 0 Å². The number of carbonyl (C=O) groups excluding carboxylic acids is 1. The third-order valence-electron chi connectivity index (χ3n) is 5.21. The van der Waals surface area contributed by atoms with Crippen molar-refractivity contribution >= 4 is 5.91 Å². The average Bonchev–Trinajstić information content (AvgIpc) is 3.36. The number of carbonyl (C=O) groups is 1. The number of amides is 1. The van der Waals surface area contributed by atoms with Crippen LogP contribution < -0.4 is 24.3 Å². The molecule has 5 rings (SSSR count). The number of fused-ring (bicyclic) bond motifs is 1. The minimum atomic E-state index is -0.723. The zero-order valence-corrected chi connectivity index (χ0v) is 18.7. The Morgan fingerprint density at radius 2 is 1.86 bits per heavy atom. The quantitative estimate of drug-likeness (QED) is 0.379. The molecule has 1 aliphatic rings. The van der Waals surface area contributed by atoms with Gasteiger partial charge in [-0.1, -0.05) is 12.1 Å². The molecule has 0 atom stereocenters. The van der Waals surface area contributed by atoms with Crippen LogP contribution in [0.2, 0.25) is 0 Å². The Bertz CT molecular complexity index is 1400. The first-order chi connectivity index (χ1) is 17.5. The van der Waals surface area contributed by atoms with Crippen molar-refractivity contribution < 1.29 is 32.5 Å². The number of pyridine rings is 2. The van der Waals surface area contributed by atoms with E-state index in [1.54, 1.807) is 42.7 Å². The second-order valence-corrected chi connectivity index (χ2v) is 7.71. The van der Waals surface area contributed by atoms with Crippen LogP contribution in [0.1, 0.15) is 21.5 Å². The molecule has 0 bridgehead atoms. The van der Waals surface area contributed by atoms with E-state index in [0.29, 0.717) is 23.0 Å². The van der Waals surface area contributed by atoms with Crippen molar-refractivity contribution in [3.05, 3.63) is 102 Å². The Morgan fingerprint density at radius 3 is 2.69 bits per heavy atom. The molecule has 1 N–H and O–H groups in total. The van der Waals surface area contributed by atoms with E-state index in [1.165, 1.54) is 12.1 Å². The molecule has 0 radical (unpaired) electrons. The lowest BCUT2D eigenvalue weighted by Crippen LogP contribution is -2.24. The SMILES string of the molecule is O=C(NCc1ccc(OCc2cccnc2)cc1F)c1cc(F)cnc1Oc1ccc2c(c1)OCO2. The molecule has 0 fully saturated rings. The molecule has 1 amide bonds. The number of nitrogens with zero attached hydrogens (tertiary/aromatic N) is 2. The molecule has 0 aliphatic carbocycles. The lowest BCUT2D eigenvalue weighted by Gasteiger charge is -2.12. The smallest absolute Gasteiger partial charge is 0.257 e. The molecule has 2 aromatic carbocycles. The van der Waals surface area contributed by atoms with Crippen molar-refractivity contribution in [3.63, 3.8) is 0 Å². The van der Waals surface area contributed by atoms with Crippen molar-refractivity contribution in [2.75, 3.05) is 6.79 Å². The highest BCUT2D eigenvalue weighted by Crippen LogP contribution is 2.36. The van der Waals surface area contributed by atoms with Crippen molar-refractivity contribution in [2.24, 2.45) is 0 Å². The van der Waals surface area contributed by atoms with E-state index in [2.05, 4.69) is 15.3 Å². The molecular weight excluding hydrogens is 472 g/mol. The molecule has 2 aromatic heterocycles. The third-order valence-corrected chi connectivity index (χ3v) is 5.21. The van der Waals surface area contributed by atoms with Gasteiger partial charge in [0.25, 0.3) is 5.91 Å². The second-order valence-electron chi connectivity index (χ2n) is 7.71. The Kier molecular flexibility index (Phi) is 6.57. The number of aromatic nitrogens is 2. The van der Waals surface area contributed by atoms with Crippen molar-refractivity contribution in [1.29, 1.82) is 0 Å². The van der Waals surface area contributed by atoms with Gasteiger partial charge in [0.15, 0.2) is 11.5 Å². The number of rotatable bonds is 8. The van der Waals surface area contributed by atoms with Crippen LogP contribution in [0.25, 0.3) is 0 Å². The number of ether oxygens (including phenoxy) is 4. The van der Waals surface area contributed by atoms with Gasteiger partial charge in [-0.25, -0.2) is 13.8 Å². The van der Waals surface area contributed by atoms with Crippen LogP contribution in [-0.2, 0) is 13.2 Å². The molecule has 0 saturated heterocycles. The molecule has 3 heterocycles. The standard InChI is InChI=1S/C26H19F2N3O5/c27-18-8-21(26(31-13-18)36-20-5-6-23-24(10-20)35-15-34-23)25(32)30-12-17-3-4-19(9-22(17)28)33-14-16-2-1-7-29-11-16/h1-11,13H,12,14-15H2,(H,30,32). The summed E-state index contributed by atoms with van der Waals surface area (Å²) in [6.45, 7) is 0.186. The van der Waals surface area contributed by atoms with Gasteiger partial charge in [-0.15, -0.1) is 0 Å². The summed E-state index contributed by atoms with van der Waals surface area (Å²) < 4.78 is 50.3. The predicted molar refractivity (Wildman–Crippen MR) is 123 cm³/mol. The number of hydrogen-bond donors (Lipinski definition) is 1. The van der Waals surface area contributed by atoms with Crippen molar-refractivity contribution in [2.45, 2.75) is 13.2 Å². The summed E-state index contributed by atoms with van der Waals surface area (Å²) in [5.41, 5.74) is 0.918. The molecule has 36 heavy (non-hydrogen) atoms. The van der Waals surface area contributed by atoms with Gasteiger partial charge in [0.1, 0.15) is 35.3 Å². The van der Waals surface area contributed by atoms with E-state index in [1.807, 2.05) is 6.07 Å². The van der Waals surface area contributed by atoms with Gasteiger partial charge in [0, 0.05) is 42.2 Å². The van der Waals surface area contributed by atoms with Gasteiger partial charge >= 0.3 is 0 Å². The molecule has 0 spiro atoms. The maximum Gasteiger partial charge on any atom is 0.257 e. The molecule has 4 aromatic rings. The van der Waals surface area contributed by atoms with E-state index < -0.39 is 17.5 Å². The topological polar surface area (TPSA) is 91.8 Å². The average molecular weight is 491 g/mol. The van der Waals surface area contributed by atoms with Gasteiger partial charge in [0.05, 0.1) is 6.20 Å². The summed E-state index contributed by atoms with van der Waals surface area (Å²) in [7, 11) is 0. The van der Waals surface area contributed by atoms with Crippen LogP contribution in [0.4, 0.5) is 8.78 Å². The normalized spacial score (nSPS) is 11.7. The third kappa shape index (κ3) is 5.33. The fourth-order valence-corrected chi connectivity index (χ4v) is 3.40. The molecule has 8 nitrogen and oxygen atoms in total. The first kappa shape index (κ1) is 23.0. The summed E-state index contributed by atoms with van der Waals surface area (Å²) in [6, 6.07) is 13.8. The molecule has 1 aliphatic heterocycles. The first-order valence-electron chi connectivity index (χ1n) is 10.9. The minimum Gasteiger partial charge on any atom is -0.489 e. The largest absolute Gasteiger partial charge is 0.489 e. The van der Waals surface area contributed by atoms with Gasteiger partial charge in [-0.05, 0) is 30.3 Å². The van der Waals surface area contributed by atoms with Gasteiger partial charge in [-0.2, -0.15) is 0 Å². The number of hydrogen-bond acceptors (Lipinski definition) is 7. The van der Waals surface area contributed by atoms with E-state index in [4.69, 9.17) is 18.9 Å². The molecule has 0 saturated carbocycles. The van der Waals surface area contributed by atoms with Gasteiger partial charge in [0.2, 0.25) is 12.7 Å². The Hall–Kier alpha value is -4.73. The molecule has 182 valence electrons. The van der Waals surface area contributed by atoms with Crippen LogP contribution in [0.5, 0.6) is 28.9 Å². The zero-order chi connectivity index (χ0) is 24.9. The molecule has 10 heteroatoms. The highest BCUT2D eigenvalue weighted by molar-refractivity contribution is 5.96. The van der Waals surface area contributed by atoms with Crippen LogP contribution in [-0.4, -0.2) is 22.7 Å². The van der Waals surface area contributed by atoms with Crippen LogP contribution >= 0.6 is 0 Å². The maximum atomic E-state index is 14.6. The summed E-state index contributed by atoms with van der Waals surface area (Å²) in [6.07, 6.45) is 4.24. The summed E-state index contributed by atoms with van der Waals surface area (Å²) in [5, 5.41) is 2.57. The van der Waals surface area contributed by atoms with Crippen LogP contribution in [0.3, 0.4) is 0 Å². The fraction of sp³-hybridized carbons (Fsp3) is 0.115.